The molecule has 2 saturated heterocycles. The Balaban J connectivity index is 1.47. The van der Waals surface area contributed by atoms with Crippen molar-refractivity contribution in [2.24, 2.45) is 5.92 Å². The molecule has 2 heterocycles. The molecule has 0 spiro atoms. The number of carbonyl (C=O) groups excluding carboxylic acids is 1. The maximum Gasteiger partial charge on any atom is 0.252 e. The van der Waals surface area contributed by atoms with Gasteiger partial charge < -0.3 is 14.4 Å². The molecule has 2 aromatic rings. The third-order valence-corrected chi connectivity index (χ3v) is 5.74. The minimum atomic E-state index is -0.334. The van der Waals surface area contributed by atoms with Gasteiger partial charge in [0.2, 0.25) is 0 Å². The van der Waals surface area contributed by atoms with Gasteiger partial charge in [-0.1, -0.05) is 42.5 Å². The molecule has 0 aromatic heterocycles. The van der Waals surface area contributed by atoms with Crippen LogP contribution in [0.4, 0.5) is 0 Å². The number of nitrogens with zero attached hydrogens (tertiary/aromatic N) is 2. The molecule has 4 rings (SSSR count). The molecule has 0 unspecified atom stereocenters. The number of hydrogen-bond acceptors (Lipinski definition) is 4. The molecule has 1 amide bonds. The van der Waals surface area contributed by atoms with Crippen molar-refractivity contribution in [2.45, 2.75) is 25.2 Å². The molecule has 0 saturated carbocycles. The van der Waals surface area contributed by atoms with E-state index >= 15 is 0 Å². The summed E-state index contributed by atoms with van der Waals surface area (Å²) in [4.78, 5) is 17.3. The van der Waals surface area contributed by atoms with Crippen LogP contribution in [0.5, 0.6) is 5.75 Å². The highest BCUT2D eigenvalue weighted by Gasteiger charge is 2.52. The van der Waals surface area contributed by atoms with Crippen molar-refractivity contribution in [1.82, 2.24) is 9.80 Å². The van der Waals surface area contributed by atoms with E-state index in [2.05, 4.69) is 29.2 Å². The van der Waals surface area contributed by atoms with Crippen LogP contribution in [-0.4, -0.2) is 55.2 Å². The quantitative estimate of drug-likeness (QED) is 0.788. The van der Waals surface area contributed by atoms with Crippen molar-refractivity contribution in [2.75, 3.05) is 27.3 Å². The molecule has 142 valence electrons. The minimum Gasteiger partial charge on any atom is -0.497 e. The zero-order chi connectivity index (χ0) is 18.8. The Kier molecular flexibility index (Phi) is 5.14. The van der Waals surface area contributed by atoms with Gasteiger partial charge in [-0.05, 0) is 23.3 Å². The highest BCUT2D eigenvalue weighted by molar-refractivity contribution is 5.84. The summed E-state index contributed by atoms with van der Waals surface area (Å²) in [5.41, 5.74) is 2.42. The molecule has 3 atom stereocenters. The third-order valence-electron chi connectivity index (χ3n) is 5.74. The van der Waals surface area contributed by atoms with E-state index in [0.717, 1.165) is 30.9 Å². The summed E-state index contributed by atoms with van der Waals surface area (Å²) in [5, 5.41) is 0. The van der Waals surface area contributed by atoms with Gasteiger partial charge in [0.1, 0.15) is 11.9 Å². The van der Waals surface area contributed by atoms with Crippen LogP contribution in [0.25, 0.3) is 0 Å². The van der Waals surface area contributed by atoms with E-state index in [0.29, 0.717) is 6.54 Å². The summed E-state index contributed by atoms with van der Waals surface area (Å²) in [6, 6.07) is 18.6. The first-order valence-corrected chi connectivity index (χ1v) is 9.42. The van der Waals surface area contributed by atoms with Crippen LogP contribution >= 0.6 is 0 Å². The normalized spacial score (nSPS) is 25.0. The van der Waals surface area contributed by atoms with Gasteiger partial charge in [0, 0.05) is 39.2 Å². The highest BCUT2D eigenvalue weighted by Crippen LogP contribution is 2.36. The van der Waals surface area contributed by atoms with Gasteiger partial charge in [-0.25, -0.2) is 0 Å². The second-order valence-corrected chi connectivity index (χ2v) is 7.38. The zero-order valence-electron chi connectivity index (χ0n) is 15.9. The second-order valence-electron chi connectivity index (χ2n) is 7.38. The van der Waals surface area contributed by atoms with E-state index in [1.54, 1.807) is 14.2 Å². The van der Waals surface area contributed by atoms with Gasteiger partial charge >= 0.3 is 0 Å². The third kappa shape index (κ3) is 3.57. The van der Waals surface area contributed by atoms with Crippen molar-refractivity contribution in [3.63, 3.8) is 0 Å². The smallest absolute Gasteiger partial charge is 0.252 e. The fourth-order valence-corrected chi connectivity index (χ4v) is 4.40. The Morgan fingerprint density at radius 3 is 2.30 bits per heavy atom. The average molecular weight is 366 g/mol. The number of benzene rings is 2. The Morgan fingerprint density at radius 1 is 0.926 bits per heavy atom. The zero-order valence-corrected chi connectivity index (χ0v) is 15.9. The van der Waals surface area contributed by atoms with Gasteiger partial charge in [-0.2, -0.15) is 0 Å². The van der Waals surface area contributed by atoms with E-state index in [1.807, 2.05) is 35.2 Å². The lowest BCUT2D eigenvalue weighted by atomic mass is 10.0. The summed E-state index contributed by atoms with van der Waals surface area (Å²) in [5.74, 6) is 1.22. The van der Waals surface area contributed by atoms with E-state index in [4.69, 9.17) is 9.47 Å². The lowest BCUT2D eigenvalue weighted by molar-refractivity contribution is -0.138. The predicted octanol–water partition coefficient (Wildman–Crippen LogP) is 2.55. The number of ether oxygens (including phenoxy) is 2. The fourth-order valence-electron chi connectivity index (χ4n) is 4.40. The van der Waals surface area contributed by atoms with E-state index in [1.165, 1.54) is 5.56 Å². The Bertz CT molecular complexity index is 778. The van der Waals surface area contributed by atoms with Crippen LogP contribution in [0.1, 0.15) is 11.1 Å². The standard InChI is InChI=1S/C22H26N2O3/c1-26-18-10-8-17(9-11-18)12-23-14-19-20(15-23)24(22(25)21(19)27-2)13-16-6-4-3-5-7-16/h3-11,19-21H,12-15H2,1-2H3/t19-,20+,21-/m0/s1. The number of methoxy groups -OCH3 is 2. The van der Waals surface area contributed by atoms with E-state index < -0.39 is 0 Å². The molecular formula is C22H26N2O3. The summed E-state index contributed by atoms with van der Waals surface area (Å²) in [6.07, 6.45) is -0.334. The number of hydrogen-bond donors (Lipinski definition) is 0. The number of rotatable bonds is 6. The van der Waals surface area contributed by atoms with Crippen LogP contribution in [0.15, 0.2) is 54.6 Å². The molecule has 0 bridgehead atoms. The molecule has 0 aliphatic carbocycles. The molecule has 5 nitrogen and oxygen atoms in total. The fraction of sp³-hybridized carbons (Fsp3) is 0.409. The largest absolute Gasteiger partial charge is 0.497 e. The second kappa shape index (κ2) is 7.71. The maximum atomic E-state index is 12.9. The summed E-state index contributed by atoms with van der Waals surface area (Å²) < 4.78 is 10.8. The van der Waals surface area contributed by atoms with Gasteiger partial charge in [0.15, 0.2) is 0 Å². The molecule has 0 N–H and O–H groups in total. The van der Waals surface area contributed by atoms with Crippen LogP contribution in [0.2, 0.25) is 0 Å². The van der Waals surface area contributed by atoms with E-state index in [9.17, 15) is 4.79 Å². The average Bonchev–Trinajstić information content (AvgIpc) is 3.20. The van der Waals surface area contributed by atoms with Crippen molar-refractivity contribution < 1.29 is 14.3 Å². The highest BCUT2D eigenvalue weighted by atomic mass is 16.5. The van der Waals surface area contributed by atoms with Crippen molar-refractivity contribution in [1.29, 1.82) is 0 Å². The molecule has 2 aromatic carbocycles. The minimum absolute atomic E-state index is 0.125. The first-order valence-electron chi connectivity index (χ1n) is 9.42. The molecular weight excluding hydrogens is 340 g/mol. The number of carbonyl (C=O) groups is 1. The Morgan fingerprint density at radius 2 is 1.63 bits per heavy atom. The lowest BCUT2D eigenvalue weighted by Crippen LogP contribution is -2.38. The van der Waals surface area contributed by atoms with E-state index in [-0.39, 0.29) is 24.0 Å². The molecule has 2 fully saturated rings. The lowest BCUT2D eigenvalue weighted by Gasteiger charge is -2.25. The topological polar surface area (TPSA) is 42.0 Å². The maximum absolute atomic E-state index is 12.9. The summed E-state index contributed by atoms with van der Waals surface area (Å²) in [6.45, 7) is 3.29. The first-order chi connectivity index (χ1) is 13.2. The molecule has 2 aliphatic heterocycles. The molecule has 0 radical (unpaired) electrons. The SMILES string of the molecule is COc1ccc(CN2C[C@@H]3[C@H](OC)C(=O)N(Cc4ccccc4)[C@@H]3C2)cc1. The van der Waals surface area contributed by atoms with Crippen LogP contribution < -0.4 is 4.74 Å². The predicted molar refractivity (Wildman–Crippen MR) is 103 cm³/mol. The van der Waals surface area contributed by atoms with Crippen molar-refractivity contribution in [3.8, 4) is 5.75 Å². The molecule has 27 heavy (non-hydrogen) atoms. The Labute approximate surface area is 160 Å². The van der Waals surface area contributed by atoms with Crippen LogP contribution in [0, 0.1) is 5.92 Å². The Hall–Kier alpha value is -2.37. The monoisotopic (exact) mass is 366 g/mol. The molecule has 5 heteroatoms. The van der Waals surface area contributed by atoms with Gasteiger partial charge in [0.05, 0.1) is 13.2 Å². The number of likely N-dealkylation sites (tertiary alicyclic amines) is 2. The summed E-state index contributed by atoms with van der Waals surface area (Å²) in [7, 11) is 3.33. The number of fused-ring (bicyclic) bond motifs is 1. The van der Waals surface area contributed by atoms with Crippen molar-refractivity contribution in [3.05, 3.63) is 65.7 Å². The van der Waals surface area contributed by atoms with Crippen LogP contribution in [0.3, 0.4) is 0 Å². The van der Waals surface area contributed by atoms with Crippen LogP contribution in [-0.2, 0) is 22.6 Å². The van der Waals surface area contributed by atoms with Crippen molar-refractivity contribution >= 4 is 5.91 Å². The van der Waals surface area contributed by atoms with Gasteiger partial charge in [-0.3, -0.25) is 9.69 Å². The molecule has 2 aliphatic rings. The van der Waals surface area contributed by atoms with Gasteiger partial charge in [-0.15, -0.1) is 0 Å². The van der Waals surface area contributed by atoms with Gasteiger partial charge in [0.25, 0.3) is 5.91 Å². The number of amides is 1. The first kappa shape index (κ1) is 18.0. The summed E-state index contributed by atoms with van der Waals surface area (Å²) >= 11 is 0.